The maximum absolute atomic E-state index is 12.3. The lowest BCUT2D eigenvalue weighted by molar-refractivity contribution is -0.122. The number of carbonyl (C=O) groups is 3. The van der Waals surface area contributed by atoms with Gasteiger partial charge in [-0.05, 0) is 61.9 Å². The van der Waals surface area contributed by atoms with Gasteiger partial charge in [0.25, 0.3) is 0 Å². The van der Waals surface area contributed by atoms with E-state index in [0.717, 1.165) is 0 Å². The summed E-state index contributed by atoms with van der Waals surface area (Å²) in [6.45, 7) is 2.04. The van der Waals surface area contributed by atoms with E-state index in [1.807, 2.05) is 0 Å². The maximum Gasteiger partial charge on any atom is 0.338 e. The average Bonchev–Trinajstić information content (AvgIpc) is 3.50. The molecule has 1 aliphatic carbocycles. The lowest BCUT2D eigenvalue weighted by Crippen LogP contribution is -2.20. The fourth-order valence-corrected chi connectivity index (χ4v) is 2.82. The molecule has 2 N–H and O–H groups in total. The molecule has 0 aliphatic heterocycles. The number of carbonyl (C=O) groups excluding carboxylic acids is 3. The minimum absolute atomic E-state index is 0.178. The lowest BCUT2D eigenvalue weighted by Gasteiger charge is -2.07. The molecule has 1 fully saturated rings. The number of amides is 2. The highest BCUT2D eigenvalue weighted by atomic mass is 16.5. The van der Waals surface area contributed by atoms with E-state index in [-0.39, 0.29) is 23.7 Å². The third-order valence-electron chi connectivity index (χ3n) is 4.49. The van der Waals surface area contributed by atoms with Crippen molar-refractivity contribution in [3.63, 3.8) is 0 Å². The van der Waals surface area contributed by atoms with Crippen LogP contribution in [0.25, 0.3) is 0 Å². The van der Waals surface area contributed by atoms with E-state index < -0.39 is 5.97 Å². The lowest BCUT2D eigenvalue weighted by atomic mass is 10.2. The molecule has 2 aromatic carbocycles. The van der Waals surface area contributed by atoms with E-state index in [1.54, 1.807) is 62.6 Å². The second-order valence-electron chi connectivity index (χ2n) is 6.45. The van der Waals surface area contributed by atoms with E-state index in [1.165, 1.54) is 0 Å². The molecule has 2 atom stereocenters. The Kier molecular flexibility index (Phi) is 5.93. The van der Waals surface area contributed by atoms with Gasteiger partial charge in [-0.2, -0.15) is 0 Å². The first-order valence-corrected chi connectivity index (χ1v) is 9.04. The van der Waals surface area contributed by atoms with Crippen molar-refractivity contribution >= 4 is 29.2 Å². The van der Waals surface area contributed by atoms with Crippen LogP contribution in [0.2, 0.25) is 0 Å². The molecule has 7 heteroatoms. The van der Waals surface area contributed by atoms with Crippen LogP contribution in [-0.2, 0) is 14.3 Å². The van der Waals surface area contributed by atoms with E-state index in [4.69, 9.17) is 9.47 Å². The molecule has 2 unspecified atom stereocenters. The number of hydrogen-bond donors (Lipinski definition) is 2. The molecule has 0 spiro atoms. The summed E-state index contributed by atoms with van der Waals surface area (Å²) in [5.41, 5.74) is 1.65. The van der Waals surface area contributed by atoms with Crippen molar-refractivity contribution < 1.29 is 23.9 Å². The van der Waals surface area contributed by atoms with Gasteiger partial charge in [-0.15, -0.1) is 0 Å². The Morgan fingerprint density at radius 2 is 1.39 bits per heavy atom. The Labute approximate surface area is 163 Å². The van der Waals surface area contributed by atoms with Crippen molar-refractivity contribution in [2.75, 3.05) is 24.4 Å². The molecular formula is C21H22N2O5. The summed E-state index contributed by atoms with van der Waals surface area (Å²) in [5, 5.41) is 5.59. The minimum Gasteiger partial charge on any atom is -0.497 e. The van der Waals surface area contributed by atoms with Gasteiger partial charge in [-0.25, -0.2) is 4.79 Å². The third kappa shape index (κ3) is 4.68. The smallest absolute Gasteiger partial charge is 0.338 e. The van der Waals surface area contributed by atoms with Crippen LogP contribution in [0.1, 0.15) is 23.7 Å². The Balaban J connectivity index is 1.50. The highest BCUT2D eigenvalue weighted by Crippen LogP contribution is 2.40. The summed E-state index contributed by atoms with van der Waals surface area (Å²) >= 11 is 0. The van der Waals surface area contributed by atoms with E-state index in [0.29, 0.717) is 35.7 Å². The standard InChI is InChI=1S/C21H22N2O5/c1-3-28-21(26)13-4-6-14(7-5-13)22-19(24)17-12-18(17)20(25)23-15-8-10-16(27-2)11-9-15/h4-11,17-18H,3,12H2,1-2H3,(H,22,24)(H,23,25). The number of benzene rings is 2. The first-order chi connectivity index (χ1) is 13.5. The highest BCUT2D eigenvalue weighted by molar-refractivity contribution is 6.03. The fourth-order valence-electron chi connectivity index (χ4n) is 2.82. The summed E-state index contributed by atoms with van der Waals surface area (Å²) in [7, 11) is 1.57. The summed E-state index contributed by atoms with van der Waals surface area (Å²) < 4.78 is 10.0. The van der Waals surface area contributed by atoms with Gasteiger partial charge in [-0.1, -0.05) is 0 Å². The molecule has 1 saturated carbocycles. The van der Waals surface area contributed by atoms with Crippen LogP contribution in [0.15, 0.2) is 48.5 Å². The van der Waals surface area contributed by atoms with Crippen molar-refractivity contribution in [1.29, 1.82) is 0 Å². The van der Waals surface area contributed by atoms with Gasteiger partial charge < -0.3 is 20.1 Å². The minimum atomic E-state index is -0.405. The van der Waals surface area contributed by atoms with Gasteiger partial charge in [0, 0.05) is 11.4 Å². The van der Waals surface area contributed by atoms with Crippen LogP contribution in [0.5, 0.6) is 5.75 Å². The zero-order chi connectivity index (χ0) is 20.1. The Hall–Kier alpha value is -3.35. The number of methoxy groups -OCH3 is 1. The third-order valence-corrected chi connectivity index (χ3v) is 4.49. The van der Waals surface area contributed by atoms with Crippen LogP contribution >= 0.6 is 0 Å². The van der Waals surface area contributed by atoms with Crippen molar-refractivity contribution in [3.05, 3.63) is 54.1 Å². The Morgan fingerprint density at radius 1 is 0.893 bits per heavy atom. The Bertz CT molecular complexity index is 861. The molecule has 2 amide bonds. The predicted octanol–water partition coefficient (Wildman–Crippen LogP) is 3.09. The quantitative estimate of drug-likeness (QED) is 0.718. The molecule has 0 aromatic heterocycles. The number of nitrogens with one attached hydrogen (secondary N) is 2. The molecule has 0 saturated heterocycles. The number of hydrogen-bond acceptors (Lipinski definition) is 5. The fraction of sp³-hybridized carbons (Fsp3) is 0.286. The van der Waals surface area contributed by atoms with Gasteiger partial charge in [0.2, 0.25) is 11.8 Å². The molecule has 28 heavy (non-hydrogen) atoms. The largest absolute Gasteiger partial charge is 0.497 e. The van der Waals surface area contributed by atoms with Crippen molar-refractivity contribution in [2.24, 2.45) is 11.8 Å². The molecule has 0 bridgehead atoms. The van der Waals surface area contributed by atoms with Crippen molar-refractivity contribution in [3.8, 4) is 5.75 Å². The molecule has 7 nitrogen and oxygen atoms in total. The van der Waals surface area contributed by atoms with Gasteiger partial charge in [-0.3, -0.25) is 9.59 Å². The summed E-state index contributed by atoms with van der Waals surface area (Å²) in [6, 6.07) is 13.5. The average molecular weight is 382 g/mol. The van der Waals surface area contributed by atoms with E-state index >= 15 is 0 Å². The van der Waals surface area contributed by atoms with Gasteiger partial charge >= 0.3 is 5.97 Å². The summed E-state index contributed by atoms with van der Waals surface area (Å²) in [6.07, 6.45) is 0.509. The monoisotopic (exact) mass is 382 g/mol. The van der Waals surface area contributed by atoms with Crippen LogP contribution in [0.3, 0.4) is 0 Å². The number of ether oxygens (including phenoxy) is 2. The van der Waals surface area contributed by atoms with Crippen LogP contribution < -0.4 is 15.4 Å². The second kappa shape index (κ2) is 8.56. The van der Waals surface area contributed by atoms with Crippen LogP contribution in [0, 0.1) is 11.8 Å². The first kappa shape index (κ1) is 19.4. The normalized spacial score (nSPS) is 17.4. The van der Waals surface area contributed by atoms with Crippen molar-refractivity contribution in [1.82, 2.24) is 0 Å². The molecule has 146 valence electrons. The zero-order valence-corrected chi connectivity index (χ0v) is 15.7. The van der Waals surface area contributed by atoms with Gasteiger partial charge in [0.05, 0.1) is 31.1 Å². The molecule has 3 rings (SSSR count). The zero-order valence-electron chi connectivity index (χ0n) is 15.7. The van der Waals surface area contributed by atoms with Crippen LogP contribution in [0.4, 0.5) is 11.4 Å². The molecule has 1 aliphatic rings. The predicted molar refractivity (Wildman–Crippen MR) is 104 cm³/mol. The Morgan fingerprint density at radius 3 is 1.86 bits per heavy atom. The summed E-state index contributed by atoms with van der Waals surface area (Å²) in [5.74, 6) is -0.792. The van der Waals surface area contributed by atoms with E-state index in [9.17, 15) is 14.4 Å². The SMILES string of the molecule is CCOC(=O)c1ccc(NC(=O)C2CC2C(=O)Nc2ccc(OC)cc2)cc1. The molecular weight excluding hydrogens is 360 g/mol. The topological polar surface area (TPSA) is 93.7 Å². The second-order valence-corrected chi connectivity index (χ2v) is 6.45. The van der Waals surface area contributed by atoms with E-state index in [2.05, 4.69) is 10.6 Å². The number of rotatable bonds is 7. The highest BCUT2D eigenvalue weighted by Gasteiger charge is 2.48. The first-order valence-electron chi connectivity index (χ1n) is 9.04. The molecule has 0 radical (unpaired) electrons. The maximum atomic E-state index is 12.3. The molecule has 2 aromatic rings. The van der Waals surface area contributed by atoms with Gasteiger partial charge in [0.1, 0.15) is 5.75 Å². The number of esters is 1. The van der Waals surface area contributed by atoms with Gasteiger partial charge in [0.15, 0.2) is 0 Å². The summed E-state index contributed by atoms with van der Waals surface area (Å²) in [4.78, 5) is 36.3. The van der Waals surface area contributed by atoms with Crippen LogP contribution in [-0.4, -0.2) is 31.5 Å². The molecule has 0 heterocycles. The number of anilines is 2. The van der Waals surface area contributed by atoms with Crippen molar-refractivity contribution in [2.45, 2.75) is 13.3 Å².